The molecule has 0 aliphatic carbocycles. The van der Waals surface area contributed by atoms with Gasteiger partial charge in [0, 0.05) is 23.1 Å². The normalized spacial score (nSPS) is 17.8. The number of likely N-dealkylation sites (tertiary alicyclic amines) is 1. The maximum Gasteiger partial charge on any atom is 0.295 e. The number of nitrogens with zero attached hydrogens (tertiary/aromatic N) is 2. The number of rotatable bonds is 9. The lowest BCUT2D eigenvalue weighted by atomic mass is 9.95. The van der Waals surface area contributed by atoms with Crippen molar-refractivity contribution in [1.82, 2.24) is 9.80 Å². The molecule has 1 heterocycles. The van der Waals surface area contributed by atoms with Crippen molar-refractivity contribution in [3.63, 3.8) is 0 Å². The Hall–Kier alpha value is -2.35. The molecule has 1 aliphatic rings. The van der Waals surface area contributed by atoms with Crippen LogP contribution in [0.2, 0.25) is 5.02 Å². The Morgan fingerprint density at radius 1 is 1.15 bits per heavy atom. The molecule has 6 nitrogen and oxygen atoms in total. The summed E-state index contributed by atoms with van der Waals surface area (Å²) in [5.74, 6) is -1.10. The van der Waals surface area contributed by atoms with E-state index in [0.717, 1.165) is 23.1 Å². The van der Waals surface area contributed by atoms with Crippen molar-refractivity contribution < 1.29 is 19.4 Å². The highest BCUT2D eigenvalue weighted by Crippen LogP contribution is 2.40. The third-order valence-electron chi connectivity index (χ3n) is 5.76. The Kier molecular flexibility index (Phi) is 8.57. The molecule has 2 aromatic rings. The number of likely N-dealkylation sites (N-methyl/N-ethyl adjacent to an activating group) is 1. The summed E-state index contributed by atoms with van der Waals surface area (Å²) in [7, 11) is 0. The Morgan fingerprint density at radius 3 is 2.48 bits per heavy atom. The van der Waals surface area contributed by atoms with Crippen molar-refractivity contribution in [2.45, 2.75) is 26.8 Å². The summed E-state index contributed by atoms with van der Waals surface area (Å²) < 4.78 is 6.28. The van der Waals surface area contributed by atoms with Crippen molar-refractivity contribution >= 4 is 45.0 Å². The van der Waals surface area contributed by atoms with E-state index >= 15 is 0 Å². The van der Waals surface area contributed by atoms with Crippen molar-refractivity contribution in [3.05, 3.63) is 68.7 Å². The van der Waals surface area contributed by atoms with E-state index in [4.69, 9.17) is 16.3 Å². The van der Waals surface area contributed by atoms with Gasteiger partial charge in [-0.15, -0.1) is 0 Å². The summed E-state index contributed by atoms with van der Waals surface area (Å²) in [4.78, 5) is 29.9. The molecule has 0 radical (unpaired) electrons. The molecule has 33 heavy (non-hydrogen) atoms. The largest absolute Gasteiger partial charge is 0.507 e. The summed E-state index contributed by atoms with van der Waals surface area (Å²) >= 11 is 9.78. The summed E-state index contributed by atoms with van der Waals surface area (Å²) in [5, 5.41) is 11.5. The quantitative estimate of drug-likeness (QED) is 0.269. The highest BCUT2D eigenvalue weighted by Gasteiger charge is 2.46. The molecule has 8 heteroatoms. The topological polar surface area (TPSA) is 70.1 Å². The fraction of sp³-hybridized carbons (Fsp3) is 0.360. The molecule has 0 aromatic heterocycles. The lowest BCUT2D eigenvalue weighted by Crippen LogP contribution is -2.38. The number of ether oxygens (including phenoxy) is 1. The standard InChI is InChI=1S/C25H28BrClN2O4/c1-4-28(5-2)12-13-29-22(16-8-7-9-18(26)14-16)21(24(31)25(29)32)23(30)17-10-11-20(33-6-3)19(27)15-17/h7-11,14-15,22,30H,4-6,12-13H2,1-3H3/t22-/m1/s1. The van der Waals surface area contributed by atoms with Gasteiger partial charge in [0.2, 0.25) is 0 Å². The zero-order valence-corrected chi connectivity index (χ0v) is 21.3. The fourth-order valence-electron chi connectivity index (χ4n) is 4.00. The number of Topliss-reactive ketones (excluding diaryl/α,β-unsaturated/α-hetero) is 1. The van der Waals surface area contributed by atoms with Crippen LogP contribution in [0.5, 0.6) is 5.75 Å². The Labute approximate surface area is 207 Å². The highest BCUT2D eigenvalue weighted by atomic mass is 79.9. The van der Waals surface area contributed by atoms with E-state index in [-0.39, 0.29) is 11.3 Å². The molecule has 1 aliphatic heterocycles. The van der Waals surface area contributed by atoms with Crippen LogP contribution in [-0.2, 0) is 9.59 Å². The van der Waals surface area contributed by atoms with Gasteiger partial charge in [0.25, 0.3) is 11.7 Å². The van der Waals surface area contributed by atoms with Crippen LogP contribution >= 0.6 is 27.5 Å². The van der Waals surface area contributed by atoms with Crippen LogP contribution in [-0.4, -0.2) is 59.4 Å². The number of aliphatic hydroxyl groups excluding tert-OH is 1. The summed E-state index contributed by atoms with van der Waals surface area (Å²) in [5.41, 5.74) is 1.14. The van der Waals surface area contributed by atoms with Crippen molar-refractivity contribution in [2.24, 2.45) is 0 Å². The molecule has 1 atom stereocenters. The molecule has 0 saturated carbocycles. The van der Waals surface area contributed by atoms with Gasteiger partial charge in [-0.05, 0) is 55.9 Å². The maximum absolute atomic E-state index is 13.1. The van der Waals surface area contributed by atoms with E-state index in [1.54, 1.807) is 23.1 Å². The summed E-state index contributed by atoms with van der Waals surface area (Å²) in [6.45, 7) is 9.08. The van der Waals surface area contributed by atoms with Crippen molar-refractivity contribution in [3.8, 4) is 5.75 Å². The third-order valence-corrected chi connectivity index (χ3v) is 6.55. The van der Waals surface area contributed by atoms with Gasteiger partial charge >= 0.3 is 0 Å². The van der Waals surface area contributed by atoms with Crippen LogP contribution in [0, 0.1) is 0 Å². The van der Waals surface area contributed by atoms with Gasteiger partial charge < -0.3 is 19.6 Å². The first-order chi connectivity index (χ1) is 15.8. The number of aliphatic hydroxyl groups is 1. The maximum atomic E-state index is 13.1. The van der Waals surface area contributed by atoms with Crippen LogP contribution in [0.25, 0.3) is 5.76 Å². The minimum Gasteiger partial charge on any atom is -0.507 e. The molecule has 2 aromatic carbocycles. The first-order valence-electron chi connectivity index (χ1n) is 11.0. The number of carbonyl (C=O) groups is 2. The molecule has 176 valence electrons. The van der Waals surface area contributed by atoms with Crippen LogP contribution < -0.4 is 4.74 Å². The second kappa shape index (κ2) is 11.2. The third kappa shape index (κ3) is 5.42. The van der Waals surface area contributed by atoms with E-state index in [9.17, 15) is 14.7 Å². The fourth-order valence-corrected chi connectivity index (χ4v) is 4.65. The van der Waals surface area contributed by atoms with E-state index in [1.165, 1.54) is 0 Å². The first-order valence-corrected chi connectivity index (χ1v) is 12.2. The van der Waals surface area contributed by atoms with Gasteiger partial charge in [0.05, 0.1) is 23.2 Å². The van der Waals surface area contributed by atoms with Crippen LogP contribution in [0.15, 0.2) is 52.5 Å². The Balaban J connectivity index is 2.10. The molecular formula is C25H28BrClN2O4. The highest BCUT2D eigenvalue weighted by molar-refractivity contribution is 9.10. The summed E-state index contributed by atoms with van der Waals surface area (Å²) in [6, 6.07) is 11.5. The number of hydrogen-bond acceptors (Lipinski definition) is 5. The Morgan fingerprint density at radius 2 is 1.88 bits per heavy atom. The lowest BCUT2D eigenvalue weighted by Gasteiger charge is -2.28. The molecule has 0 bridgehead atoms. The zero-order valence-electron chi connectivity index (χ0n) is 19.0. The van der Waals surface area contributed by atoms with Gasteiger partial charge in [0.15, 0.2) is 0 Å². The monoisotopic (exact) mass is 534 g/mol. The smallest absolute Gasteiger partial charge is 0.295 e. The summed E-state index contributed by atoms with van der Waals surface area (Å²) in [6.07, 6.45) is 0. The second-order valence-corrected chi connectivity index (χ2v) is 8.98. The lowest BCUT2D eigenvalue weighted by molar-refractivity contribution is -0.140. The molecular weight excluding hydrogens is 508 g/mol. The first kappa shape index (κ1) is 25.3. The van der Waals surface area contributed by atoms with E-state index in [2.05, 4.69) is 34.7 Å². The van der Waals surface area contributed by atoms with Crippen LogP contribution in [0.4, 0.5) is 0 Å². The minimum atomic E-state index is -0.706. The van der Waals surface area contributed by atoms with Gasteiger partial charge in [-0.2, -0.15) is 0 Å². The van der Waals surface area contributed by atoms with E-state index in [1.807, 2.05) is 31.2 Å². The van der Waals surface area contributed by atoms with E-state index < -0.39 is 17.7 Å². The second-order valence-electron chi connectivity index (χ2n) is 7.65. The number of ketones is 1. The van der Waals surface area contributed by atoms with Crippen LogP contribution in [0.3, 0.4) is 0 Å². The molecule has 1 amide bonds. The molecule has 1 fully saturated rings. The Bertz CT molecular complexity index is 1070. The average molecular weight is 536 g/mol. The number of hydrogen-bond donors (Lipinski definition) is 1. The predicted molar refractivity (Wildman–Crippen MR) is 134 cm³/mol. The number of carbonyl (C=O) groups excluding carboxylic acids is 2. The molecule has 0 unspecified atom stereocenters. The number of amides is 1. The molecule has 1 N–H and O–H groups in total. The minimum absolute atomic E-state index is 0.0536. The van der Waals surface area contributed by atoms with Crippen molar-refractivity contribution in [1.29, 1.82) is 0 Å². The van der Waals surface area contributed by atoms with Crippen LogP contribution in [0.1, 0.15) is 37.9 Å². The van der Waals surface area contributed by atoms with Crippen molar-refractivity contribution in [2.75, 3.05) is 32.8 Å². The van der Waals surface area contributed by atoms with Gasteiger partial charge in [-0.3, -0.25) is 9.59 Å². The zero-order chi connectivity index (χ0) is 24.1. The number of halogens is 2. The number of benzene rings is 2. The van der Waals surface area contributed by atoms with E-state index in [0.29, 0.717) is 36.0 Å². The van der Waals surface area contributed by atoms with Gasteiger partial charge in [-0.1, -0.05) is 53.5 Å². The SMILES string of the molecule is CCOc1ccc(C(O)=C2C(=O)C(=O)N(CCN(CC)CC)[C@@H]2c2cccc(Br)c2)cc1Cl. The molecule has 0 spiro atoms. The molecule has 1 saturated heterocycles. The van der Waals surface area contributed by atoms with Gasteiger partial charge in [0.1, 0.15) is 11.5 Å². The predicted octanol–water partition coefficient (Wildman–Crippen LogP) is 5.26. The van der Waals surface area contributed by atoms with Gasteiger partial charge in [-0.25, -0.2) is 0 Å². The average Bonchev–Trinajstić information content (AvgIpc) is 3.05. The molecule has 3 rings (SSSR count).